The van der Waals surface area contributed by atoms with E-state index >= 15 is 0 Å². The molecule has 0 aliphatic carbocycles. The minimum atomic E-state index is -3.13. The van der Waals surface area contributed by atoms with Crippen LogP contribution in [0, 0.1) is 0 Å². The molecule has 0 aliphatic heterocycles. The molecule has 0 aliphatic rings. The molecule has 16 heavy (non-hydrogen) atoms. The minimum absolute atomic E-state index is 0.0738. The summed E-state index contributed by atoms with van der Waals surface area (Å²) in [6.45, 7) is 0.379. The molecule has 1 aromatic carbocycles. The molecule has 6 heteroatoms. The summed E-state index contributed by atoms with van der Waals surface area (Å²) < 4.78 is 24.1. The summed E-state index contributed by atoms with van der Waals surface area (Å²) in [6, 6.07) is 7.17. The molecule has 1 aromatic rings. The zero-order valence-electron chi connectivity index (χ0n) is 9.47. The molecule has 0 amide bonds. The quantitative estimate of drug-likeness (QED) is 0.741. The monoisotopic (exact) mass is 243 g/mol. The third-order valence-electron chi connectivity index (χ3n) is 2.16. The topological polar surface area (TPSA) is 75.4 Å². The molecule has 0 radical (unpaired) electrons. The molecular formula is C10H17N3O2S. The van der Waals surface area contributed by atoms with Crippen molar-refractivity contribution in [1.29, 1.82) is 0 Å². The molecule has 3 N–H and O–H groups in total. The van der Waals surface area contributed by atoms with E-state index in [1.165, 1.54) is 18.4 Å². The van der Waals surface area contributed by atoms with Gasteiger partial charge in [-0.2, -0.15) is 0 Å². The zero-order chi connectivity index (χ0) is 12.2. The van der Waals surface area contributed by atoms with Crippen LogP contribution in [0.4, 0.5) is 11.4 Å². The first-order chi connectivity index (χ1) is 7.42. The Morgan fingerprint density at radius 1 is 1.25 bits per heavy atom. The van der Waals surface area contributed by atoms with Crippen LogP contribution in [0.5, 0.6) is 0 Å². The highest BCUT2D eigenvalue weighted by Gasteiger charge is 2.12. The predicted molar refractivity (Wildman–Crippen MR) is 66.8 cm³/mol. The van der Waals surface area contributed by atoms with Gasteiger partial charge in [0, 0.05) is 32.0 Å². The average molecular weight is 243 g/mol. The molecule has 5 nitrogen and oxygen atoms in total. The van der Waals surface area contributed by atoms with Crippen molar-refractivity contribution in [3.63, 3.8) is 0 Å². The zero-order valence-corrected chi connectivity index (χ0v) is 10.3. The Morgan fingerprint density at radius 3 is 2.31 bits per heavy atom. The van der Waals surface area contributed by atoms with Crippen LogP contribution in [0.15, 0.2) is 24.3 Å². The number of nitrogens with one attached hydrogen (secondary N) is 1. The lowest BCUT2D eigenvalue weighted by molar-refractivity contribution is 0.521. The van der Waals surface area contributed by atoms with Crippen molar-refractivity contribution < 1.29 is 8.42 Å². The van der Waals surface area contributed by atoms with Gasteiger partial charge in [-0.05, 0) is 24.3 Å². The maximum absolute atomic E-state index is 11.4. The van der Waals surface area contributed by atoms with Crippen LogP contribution in [0.3, 0.4) is 0 Å². The van der Waals surface area contributed by atoms with Crippen LogP contribution in [-0.2, 0) is 10.0 Å². The molecule has 0 heterocycles. The summed E-state index contributed by atoms with van der Waals surface area (Å²) in [6.07, 6.45) is 0. The van der Waals surface area contributed by atoms with Gasteiger partial charge in [0.05, 0.1) is 5.75 Å². The summed E-state index contributed by atoms with van der Waals surface area (Å²) in [5, 5.41) is 3.02. The summed E-state index contributed by atoms with van der Waals surface area (Å²) in [4.78, 5) is 0. The normalized spacial score (nSPS) is 11.7. The number of sulfonamides is 1. The van der Waals surface area contributed by atoms with Crippen molar-refractivity contribution in [2.45, 2.75) is 0 Å². The fourth-order valence-corrected chi connectivity index (χ4v) is 1.83. The first-order valence-corrected chi connectivity index (χ1v) is 6.52. The van der Waals surface area contributed by atoms with Gasteiger partial charge < -0.3 is 11.1 Å². The largest absolute Gasteiger partial charge is 0.399 e. The number of nitrogens with zero attached hydrogens (tertiary/aromatic N) is 1. The third kappa shape index (κ3) is 3.71. The third-order valence-corrected chi connectivity index (χ3v) is 3.99. The standard InChI is InChI=1S/C10H17N3O2S/c1-13(2)16(14,15)8-7-12-10-5-3-9(11)4-6-10/h3-6,12H,7-8,11H2,1-2H3. The van der Waals surface area contributed by atoms with E-state index in [0.29, 0.717) is 12.2 Å². The van der Waals surface area contributed by atoms with E-state index in [2.05, 4.69) is 5.32 Å². The number of anilines is 2. The second-order valence-electron chi connectivity index (χ2n) is 3.65. The molecule has 0 unspecified atom stereocenters. The molecule has 0 saturated heterocycles. The number of nitrogen functional groups attached to an aromatic ring is 1. The van der Waals surface area contributed by atoms with E-state index in [-0.39, 0.29) is 5.75 Å². The van der Waals surface area contributed by atoms with Gasteiger partial charge in [-0.15, -0.1) is 0 Å². The summed E-state index contributed by atoms with van der Waals surface area (Å²) in [7, 11) is -0.0777. The van der Waals surface area contributed by atoms with Gasteiger partial charge in [0.1, 0.15) is 0 Å². The van der Waals surface area contributed by atoms with Crippen molar-refractivity contribution in [2.75, 3.05) is 37.4 Å². The molecule has 0 aromatic heterocycles. The highest BCUT2D eigenvalue weighted by Crippen LogP contribution is 2.10. The fraction of sp³-hybridized carbons (Fsp3) is 0.400. The summed E-state index contributed by atoms with van der Waals surface area (Å²) in [5.74, 6) is 0.0738. The highest BCUT2D eigenvalue weighted by molar-refractivity contribution is 7.89. The Balaban J connectivity index is 2.45. The minimum Gasteiger partial charge on any atom is -0.399 e. The number of nitrogens with two attached hydrogens (primary N) is 1. The van der Waals surface area contributed by atoms with E-state index < -0.39 is 10.0 Å². The van der Waals surface area contributed by atoms with Crippen LogP contribution in [0.2, 0.25) is 0 Å². The summed E-state index contributed by atoms with van der Waals surface area (Å²) >= 11 is 0. The van der Waals surface area contributed by atoms with Crippen LogP contribution >= 0.6 is 0 Å². The Hall–Kier alpha value is -1.27. The van der Waals surface area contributed by atoms with Gasteiger partial charge in [-0.1, -0.05) is 0 Å². The van der Waals surface area contributed by atoms with Gasteiger partial charge >= 0.3 is 0 Å². The highest BCUT2D eigenvalue weighted by atomic mass is 32.2. The molecular weight excluding hydrogens is 226 g/mol. The smallest absolute Gasteiger partial charge is 0.215 e. The van der Waals surface area contributed by atoms with E-state index in [0.717, 1.165) is 5.69 Å². The average Bonchev–Trinajstić information content (AvgIpc) is 2.20. The molecule has 90 valence electrons. The second kappa shape index (κ2) is 5.18. The van der Waals surface area contributed by atoms with E-state index in [1.807, 2.05) is 12.1 Å². The first kappa shape index (κ1) is 12.8. The van der Waals surface area contributed by atoms with Gasteiger partial charge in [0.15, 0.2) is 0 Å². The van der Waals surface area contributed by atoms with Crippen molar-refractivity contribution >= 4 is 21.4 Å². The molecule has 0 atom stereocenters. The fourth-order valence-electron chi connectivity index (χ4n) is 1.11. The predicted octanol–water partition coefficient (Wildman–Crippen LogP) is 0.572. The van der Waals surface area contributed by atoms with Crippen LogP contribution in [0.1, 0.15) is 0 Å². The molecule has 0 bridgehead atoms. The van der Waals surface area contributed by atoms with Gasteiger partial charge in [-0.25, -0.2) is 12.7 Å². The molecule has 1 rings (SSSR count). The van der Waals surface area contributed by atoms with E-state index in [4.69, 9.17) is 5.73 Å². The molecule has 0 fully saturated rings. The Bertz CT molecular complexity index is 426. The second-order valence-corrected chi connectivity index (χ2v) is 5.95. The SMILES string of the molecule is CN(C)S(=O)(=O)CCNc1ccc(N)cc1. The van der Waals surface area contributed by atoms with Crippen LogP contribution in [-0.4, -0.2) is 39.1 Å². The van der Waals surface area contributed by atoms with Crippen LogP contribution < -0.4 is 11.1 Å². The van der Waals surface area contributed by atoms with Crippen molar-refractivity contribution in [3.05, 3.63) is 24.3 Å². The lowest BCUT2D eigenvalue weighted by Crippen LogP contribution is -2.28. The van der Waals surface area contributed by atoms with Crippen molar-refractivity contribution in [1.82, 2.24) is 4.31 Å². The summed E-state index contributed by atoms with van der Waals surface area (Å²) in [5.41, 5.74) is 7.08. The maximum atomic E-state index is 11.4. The number of hydrogen-bond donors (Lipinski definition) is 2. The Morgan fingerprint density at radius 2 is 1.81 bits per heavy atom. The van der Waals surface area contributed by atoms with Gasteiger partial charge in [0.25, 0.3) is 0 Å². The number of hydrogen-bond acceptors (Lipinski definition) is 4. The van der Waals surface area contributed by atoms with Gasteiger partial charge in [0.2, 0.25) is 10.0 Å². The Labute approximate surface area is 96.3 Å². The van der Waals surface area contributed by atoms with Crippen molar-refractivity contribution in [2.24, 2.45) is 0 Å². The molecule has 0 saturated carbocycles. The molecule has 0 spiro atoms. The Kier molecular flexibility index (Phi) is 4.14. The van der Waals surface area contributed by atoms with E-state index in [1.54, 1.807) is 12.1 Å². The lowest BCUT2D eigenvalue weighted by Gasteiger charge is -2.12. The van der Waals surface area contributed by atoms with E-state index in [9.17, 15) is 8.42 Å². The van der Waals surface area contributed by atoms with Gasteiger partial charge in [-0.3, -0.25) is 0 Å². The first-order valence-electron chi connectivity index (χ1n) is 4.91. The van der Waals surface area contributed by atoms with Crippen LogP contribution in [0.25, 0.3) is 0 Å². The maximum Gasteiger partial charge on any atom is 0.215 e. The van der Waals surface area contributed by atoms with Crippen molar-refractivity contribution in [3.8, 4) is 0 Å². The number of rotatable bonds is 5. The number of benzene rings is 1. The lowest BCUT2D eigenvalue weighted by atomic mass is 10.3.